The quantitative estimate of drug-likeness (QED) is 0.835. The van der Waals surface area contributed by atoms with Crippen LogP contribution in [0.1, 0.15) is 11.1 Å². The van der Waals surface area contributed by atoms with Crippen molar-refractivity contribution in [3.63, 3.8) is 0 Å². The molecule has 0 radical (unpaired) electrons. The molecule has 3 nitrogen and oxygen atoms in total. The van der Waals surface area contributed by atoms with Crippen molar-refractivity contribution in [3.8, 4) is 5.75 Å². The summed E-state index contributed by atoms with van der Waals surface area (Å²) in [5.41, 5.74) is 3.17. The van der Waals surface area contributed by atoms with Crippen LogP contribution in [0, 0.1) is 6.92 Å². The molecule has 0 saturated heterocycles. The van der Waals surface area contributed by atoms with Crippen molar-refractivity contribution in [2.24, 2.45) is 0 Å². The summed E-state index contributed by atoms with van der Waals surface area (Å²) in [6, 6.07) is 13.0. The Labute approximate surface area is 127 Å². The summed E-state index contributed by atoms with van der Waals surface area (Å²) in [6.45, 7) is 1.99. The van der Waals surface area contributed by atoms with Crippen molar-refractivity contribution < 1.29 is 9.90 Å². The van der Waals surface area contributed by atoms with Gasteiger partial charge in [0.25, 0.3) is 0 Å². The summed E-state index contributed by atoms with van der Waals surface area (Å²) < 4.78 is 1.04. The zero-order chi connectivity index (χ0) is 15.0. The minimum absolute atomic E-state index is 0.301. The number of anilines is 1. The Morgan fingerprint density at radius 1 is 1.20 bits per heavy atom. The molecule has 2 aromatic rings. The van der Waals surface area contributed by atoms with Gasteiger partial charge in [-0.1, -0.05) is 34.1 Å². The Bertz CT molecular complexity index is 553. The van der Waals surface area contributed by atoms with Crippen LogP contribution in [0.2, 0.25) is 0 Å². The first kappa shape index (κ1) is 16.2. The van der Waals surface area contributed by atoms with Crippen LogP contribution in [0.15, 0.2) is 46.9 Å². The molecule has 2 aromatic carbocycles. The summed E-state index contributed by atoms with van der Waals surface area (Å²) in [5, 5.41) is 12.0. The summed E-state index contributed by atoms with van der Waals surface area (Å²) in [7, 11) is 1.84. The average molecular weight is 336 g/mol. The molecule has 0 aliphatic heterocycles. The van der Waals surface area contributed by atoms with E-state index in [0.29, 0.717) is 12.2 Å². The molecule has 4 heteroatoms. The van der Waals surface area contributed by atoms with Gasteiger partial charge in [-0.15, -0.1) is 0 Å². The van der Waals surface area contributed by atoms with E-state index in [4.69, 9.17) is 5.11 Å². The van der Waals surface area contributed by atoms with Gasteiger partial charge in [0.1, 0.15) is 12.0 Å². The van der Waals surface area contributed by atoms with Crippen molar-refractivity contribution >= 4 is 27.9 Å². The Morgan fingerprint density at radius 2 is 1.85 bits per heavy atom. The van der Waals surface area contributed by atoms with Crippen LogP contribution in [0.5, 0.6) is 5.75 Å². The van der Waals surface area contributed by atoms with Gasteiger partial charge in [0, 0.05) is 29.7 Å². The highest BCUT2D eigenvalue weighted by Gasteiger charge is 1.94. The number of aldehydes is 1. The Morgan fingerprint density at radius 3 is 2.35 bits per heavy atom. The van der Waals surface area contributed by atoms with Gasteiger partial charge in [-0.3, -0.25) is 0 Å². The topological polar surface area (TPSA) is 49.3 Å². The predicted octanol–water partition coefficient (Wildman–Crippen LogP) is 3.93. The van der Waals surface area contributed by atoms with Gasteiger partial charge >= 0.3 is 0 Å². The van der Waals surface area contributed by atoms with Crippen LogP contribution >= 0.6 is 15.9 Å². The largest absolute Gasteiger partial charge is 0.508 e. The fourth-order valence-electron chi connectivity index (χ4n) is 1.60. The van der Waals surface area contributed by atoms with Gasteiger partial charge in [0.05, 0.1) is 0 Å². The number of aromatic hydroxyl groups is 1. The highest BCUT2D eigenvalue weighted by molar-refractivity contribution is 9.10. The lowest BCUT2D eigenvalue weighted by atomic mass is 10.2. The van der Waals surface area contributed by atoms with Crippen LogP contribution in [-0.4, -0.2) is 18.4 Å². The van der Waals surface area contributed by atoms with E-state index in [-0.39, 0.29) is 0 Å². The minimum atomic E-state index is 0.301. The third-order valence-corrected chi connectivity index (χ3v) is 3.25. The number of aryl methyl sites for hydroxylation is 1. The number of hydrogen-bond donors (Lipinski definition) is 2. The Balaban J connectivity index is 0.000000200. The standard InChI is InChI=1S/C8H7BrO.C8H11NO/c9-8-3-1-7(2-4-8)5-6-10;1-6-3-4-7(10)5-8(6)9-2/h1-4,6H,5H2;3-5,9-10H,1-2H3. The maximum atomic E-state index is 10.0. The normalized spacial score (nSPS) is 9.35. The van der Waals surface area contributed by atoms with Crippen LogP contribution in [0.4, 0.5) is 5.69 Å². The van der Waals surface area contributed by atoms with Crippen molar-refractivity contribution in [1.29, 1.82) is 0 Å². The number of halogens is 1. The molecule has 20 heavy (non-hydrogen) atoms. The summed E-state index contributed by atoms with van der Waals surface area (Å²) in [4.78, 5) is 10.0. The fourth-order valence-corrected chi connectivity index (χ4v) is 1.86. The molecule has 0 heterocycles. The molecule has 0 fully saturated rings. The molecule has 0 unspecified atom stereocenters. The molecule has 0 atom stereocenters. The van der Waals surface area contributed by atoms with E-state index in [2.05, 4.69) is 21.2 Å². The zero-order valence-corrected chi connectivity index (χ0v) is 13.1. The zero-order valence-electron chi connectivity index (χ0n) is 11.6. The SMILES string of the molecule is CNc1cc(O)ccc1C.O=CCc1ccc(Br)cc1. The number of phenols is 1. The molecule has 0 aliphatic rings. The third kappa shape index (κ3) is 5.45. The molecule has 0 bridgehead atoms. The number of carbonyl (C=O) groups excluding carboxylic acids is 1. The lowest BCUT2D eigenvalue weighted by Gasteiger charge is -2.03. The van der Waals surface area contributed by atoms with Crippen molar-refractivity contribution in [1.82, 2.24) is 0 Å². The van der Waals surface area contributed by atoms with E-state index in [1.807, 2.05) is 44.3 Å². The fraction of sp³-hybridized carbons (Fsp3) is 0.188. The molecule has 2 N–H and O–H groups in total. The third-order valence-electron chi connectivity index (χ3n) is 2.72. The molecule has 2 rings (SSSR count). The van der Waals surface area contributed by atoms with E-state index in [0.717, 1.165) is 27.6 Å². The summed E-state index contributed by atoms with van der Waals surface area (Å²) >= 11 is 3.31. The second-order valence-electron chi connectivity index (χ2n) is 4.25. The first-order chi connectivity index (χ1) is 9.56. The number of nitrogens with one attached hydrogen (secondary N) is 1. The van der Waals surface area contributed by atoms with Gasteiger partial charge in [-0.25, -0.2) is 0 Å². The molecule has 0 amide bonds. The highest BCUT2D eigenvalue weighted by Crippen LogP contribution is 2.19. The van der Waals surface area contributed by atoms with Crippen LogP contribution in [0.25, 0.3) is 0 Å². The number of benzene rings is 2. The second-order valence-corrected chi connectivity index (χ2v) is 5.16. The van der Waals surface area contributed by atoms with Gasteiger partial charge in [0.2, 0.25) is 0 Å². The Hall–Kier alpha value is -1.81. The van der Waals surface area contributed by atoms with Crippen LogP contribution in [-0.2, 0) is 11.2 Å². The predicted molar refractivity (Wildman–Crippen MR) is 86.3 cm³/mol. The van der Waals surface area contributed by atoms with Gasteiger partial charge in [0.15, 0.2) is 0 Å². The molecule has 0 aliphatic carbocycles. The maximum absolute atomic E-state index is 10.0. The lowest BCUT2D eigenvalue weighted by Crippen LogP contribution is -1.89. The second kappa shape index (κ2) is 8.38. The van der Waals surface area contributed by atoms with Crippen LogP contribution < -0.4 is 5.32 Å². The summed E-state index contributed by atoms with van der Waals surface area (Å²) in [6.07, 6.45) is 1.41. The lowest BCUT2D eigenvalue weighted by molar-refractivity contribution is -0.107. The van der Waals surface area contributed by atoms with Gasteiger partial charge in [-0.2, -0.15) is 0 Å². The molecular weight excluding hydrogens is 318 g/mol. The maximum Gasteiger partial charge on any atom is 0.124 e. The smallest absolute Gasteiger partial charge is 0.124 e. The molecular formula is C16H18BrNO2. The minimum Gasteiger partial charge on any atom is -0.508 e. The molecule has 0 saturated carbocycles. The first-order valence-electron chi connectivity index (χ1n) is 6.22. The van der Waals surface area contributed by atoms with E-state index >= 15 is 0 Å². The average Bonchev–Trinajstić information content (AvgIpc) is 2.45. The van der Waals surface area contributed by atoms with E-state index in [9.17, 15) is 4.79 Å². The monoisotopic (exact) mass is 335 g/mol. The number of carbonyl (C=O) groups is 1. The van der Waals surface area contributed by atoms with Gasteiger partial charge < -0.3 is 15.2 Å². The number of rotatable bonds is 3. The van der Waals surface area contributed by atoms with Crippen LogP contribution in [0.3, 0.4) is 0 Å². The highest BCUT2D eigenvalue weighted by atomic mass is 79.9. The van der Waals surface area contributed by atoms with Crippen molar-refractivity contribution in [2.45, 2.75) is 13.3 Å². The number of phenolic OH excluding ortho intramolecular Hbond substituents is 1. The first-order valence-corrected chi connectivity index (χ1v) is 7.01. The van der Waals surface area contributed by atoms with E-state index in [1.54, 1.807) is 12.1 Å². The Kier molecular flexibility index (Phi) is 6.81. The number of hydrogen-bond acceptors (Lipinski definition) is 3. The van der Waals surface area contributed by atoms with E-state index in [1.165, 1.54) is 0 Å². The van der Waals surface area contributed by atoms with Crippen molar-refractivity contribution in [3.05, 3.63) is 58.1 Å². The van der Waals surface area contributed by atoms with Gasteiger partial charge in [-0.05, 0) is 36.2 Å². The molecule has 106 valence electrons. The summed E-state index contributed by atoms with van der Waals surface area (Å²) in [5.74, 6) is 0.301. The molecule has 0 spiro atoms. The molecule has 0 aromatic heterocycles. The van der Waals surface area contributed by atoms with E-state index < -0.39 is 0 Å². The van der Waals surface area contributed by atoms with Crippen molar-refractivity contribution in [2.75, 3.05) is 12.4 Å².